The van der Waals surface area contributed by atoms with E-state index >= 15 is 0 Å². The van der Waals surface area contributed by atoms with Crippen LogP contribution in [0.2, 0.25) is 0 Å². The molecular weight excluding hydrogens is 389 g/mol. The van der Waals surface area contributed by atoms with Crippen molar-refractivity contribution in [2.24, 2.45) is 0 Å². The molecule has 148 valence electrons. The van der Waals surface area contributed by atoms with Crippen molar-refractivity contribution in [3.05, 3.63) is 83.9 Å². The van der Waals surface area contributed by atoms with Crippen molar-refractivity contribution in [1.82, 2.24) is 15.4 Å². The second kappa shape index (κ2) is 7.32. The van der Waals surface area contributed by atoms with Crippen LogP contribution in [0.15, 0.2) is 75.7 Å². The Morgan fingerprint density at radius 2 is 1.87 bits per heavy atom. The number of benzene rings is 2. The van der Waals surface area contributed by atoms with Crippen LogP contribution >= 0.6 is 0 Å². The number of aromatic amines is 1. The fraction of sp³-hybridized carbons (Fsp3) is 0.0455. The highest BCUT2D eigenvalue weighted by molar-refractivity contribution is 5.88. The zero-order valence-corrected chi connectivity index (χ0v) is 15.5. The summed E-state index contributed by atoms with van der Waals surface area (Å²) in [6, 6.07) is 18.5. The predicted octanol–water partition coefficient (Wildman–Crippen LogP) is 4.97. The SMILES string of the molecule is O=C(OCc1cc(-c2cc3ccccc3o2)on1)c1cc(-c2ccc(F)cc2)n[nH]1. The topological polar surface area (TPSA) is 94.2 Å². The summed E-state index contributed by atoms with van der Waals surface area (Å²) < 4.78 is 29.3. The molecule has 0 fully saturated rings. The van der Waals surface area contributed by atoms with Gasteiger partial charge in [-0.15, -0.1) is 0 Å². The molecule has 0 saturated carbocycles. The van der Waals surface area contributed by atoms with Gasteiger partial charge in [0, 0.05) is 17.0 Å². The highest BCUT2D eigenvalue weighted by Crippen LogP contribution is 2.28. The third-order valence-corrected chi connectivity index (χ3v) is 4.52. The molecule has 0 aliphatic heterocycles. The maximum absolute atomic E-state index is 13.0. The minimum absolute atomic E-state index is 0.0759. The number of hydrogen-bond donors (Lipinski definition) is 1. The van der Waals surface area contributed by atoms with E-state index in [1.54, 1.807) is 18.2 Å². The van der Waals surface area contributed by atoms with Crippen molar-refractivity contribution >= 4 is 16.9 Å². The van der Waals surface area contributed by atoms with Gasteiger partial charge in [-0.05, 0) is 42.5 Å². The van der Waals surface area contributed by atoms with Crippen LogP contribution in [0.4, 0.5) is 4.39 Å². The Labute approximate surface area is 169 Å². The summed E-state index contributed by atoms with van der Waals surface area (Å²) in [6.45, 7) is -0.0759. The first kappa shape index (κ1) is 17.9. The van der Waals surface area contributed by atoms with Gasteiger partial charge in [0.15, 0.2) is 5.76 Å². The van der Waals surface area contributed by atoms with Crippen molar-refractivity contribution in [1.29, 1.82) is 0 Å². The van der Waals surface area contributed by atoms with Crippen LogP contribution in [0.25, 0.3) is 33.7 Å². The molecule has 5 aromatic rings. The molecule has 1 N–H and O–H groups in total. The van der Waals surface area contributed by atoms with E-state index in [9.17, 15) is 9.18 Å². The molecule has 0 spiro atoms. The minimum Gasteiger partial charge on any atom is -0.454 e. The van der Waals surface area contributed by atoms with Gasteiger partial charge in [0.2, 0.25) is 5.76 Å². The van der Waals surface area contributed by atoms with Crippen molar-refractivity contribution in [2.75, 3.05) is 0 Å². The number of aromatic nitrogens is 3. The van der Waals surface area contributed by atoms with Crippen LogP contribution in [-0.2, 0) is 11.3 Å². The van der Waals surface area contributed by atoms with Gasteiger partial charge in [0.05, 0.1) is 5.69 Å². The number of carbonyl (C=O) groups excluding carboxylic acids is 1. The predicted molar refractivity (Wildman–Crippen MR) is 105 cm³/mol. The van der Waals surface area contributed by atoms with Crippen LogP contribution in [0.5, 0.6) is 0 Å². The Balaban J connectivity index is 1.25. The molecule has 3 aromatic heterocycles. The van der Waals surface area contributed by atoms with E-state index in [4.69, 9.17) is 13.7 Å². The van der Waals surface area contributed by atoms with Crippen molar-refractivity contribution in [3.63, 3.8) is 0 Å². The summed E-state index contributed by atoms with van der Waals surface area (Å²) in [7, 11) is 0. The molecule has 5 rings (SSSR count). The molecule has 0 unspecified atom stereocenters. The molecule has 3 heterocycles. The number of ether oxygens (including phenoxy) is 1. The normalized spacial score (nSPS) is 11.1. The zero-order valence-electron chi connectivity index (χ0n) is 15.5. The quantitative estimate of drug-likeness (QED) is 0.416. The number of nitrogens with zero attached hydrogens (tertiary/aromatic N) is 2. The second-order valence-electron chi connectivity index (χ2n) is 6.58. The monoisotopic (exact) mass is 403 g/mol. The highest BCUT2D eigenvalue weighted by atomic mass is 19.1. The molecule has 0 amide bonds. The van der Waals surface area contributed by atoms with Crippen LogP contribution in [0.3, 0.4) is 0 Å². The van der Waals surface area contributed by atoms with E-state index in [2.05, 4.69) is 15.4 Å². The van der Waals surface area contributed by atoms with E-state index < -0.39 is 5.97 Å². The number of furan rings is 1. The molecule has 0 aliphatic rings. The fourth-order valence-electron chi connectivity index (χ4n) is 3.01. The van der Waals surface area contributed by atoms with Crippen LogP contribution in [0, 0.1) is 5.82 Å². The molecule has 8 heteroatoms. The van der Waals surface area contributed by atoms with Gasteiger partial charge >= 0.3 is 5.97 Å². The highest BCUT2D eigenvalue weighted by Gasteiger charge is 2.16. The summed E-state index contributed by atoms with van der Waals surface area (Å²) >= 11 is 0. The smallest absolute Gasteiger partial charge is 0.356 e. The Morgan fingerprint density at radius 1 is 1.03 bits per heavy atom. The minimum atomic E-state index is -0.593. The van der Waals surface area contributed by atoms with E-state index in [1.165, 1.54) is 18.2 Å². The van der Waals surface area contributed by atoms with Crippen LogP contribution in [-0.4, -0.2) is 21.3 Å². The van der Waals surface area contributed by atoms with E-state index in [-0.39, 0.29) is 18.1 Å². The lowest BCUT2D eigenvalue weighted by molar-refractivity contribution is 0.0457. The lowest BCUT2D eigenvalue weighted by Crippen LogP contribution is -2.05. The van der Waals surface area contributed by atoms with Crippen LogP contribution < -0.4 is 0 Å². The number of H-pyrrole nitrogens is 1. The number of halogens is 1. The van der Waals surface area contributed by atoms with Gasteiger partial charge in [-0.1, -0.05) is 23.4 Å². The van der Waals surface area contributed by atoms with Gasteiger partial charge in [0.1, 0.15) is 29.4 Å². The first-order chi connectivity index (χ1) is 14.7. The lowest BCUT2D eigenvalue weighted by Gasteiger charge is -1.99. The number of para-hydroxylation sites is 1. The Hall–Kier alpha value is -4.20. The molecule has 0 atom stereocenters. The Bertz CT molecular complexity index is 1300. The molecule has 0 radical (unpaired) electrons. The average molecular weight is 403 g/mol. The number of fused-ring (bicyclic) bond motifs is 1. The molecule has 30 heavy (non-hydrogen) atoms. The average Bonchev–Trinajstić information content (AvgIpc) is 3.51. The Morgan fingerprint density at radius 3 is 2.70 bits per heavy atom. The Kier molecular flexibility index (Phi) is 4.36. The maximum atomic E-state index is 13.0. The molecule has 0 aliphatic carbocycles. The molecule has 7 nitrogen and oxygen atoms in total. The van der Waals surface area contributed by atoms with Crippen molar-refractivity contribution in [2.45, 2.75) is 6.61 Å². The number of carbonyl (C=O) groups is 1. The molecule has 0 saturated heterocycles. The molecular formula is C22H14FN3O4. The van der Waals surface area contributed by atoms with Gasteiger partial charge in [0.25, 0.3) is 0 Å². The third kappa shape index (κ3) is 3.46. The first-order valence-electron chi connectivity index (χ1n) is 9.09. The van der Waals surface area contributed by atoms with E-state index in [0.717, 1.165) is 11.0 Å². The molecule has 0 bridgehead atoms. The summed E-state index contributed by atoms with van der Waals surface area (Å²) in [4.78, 5) is 12.3. The van der Waals surface area contributed by atoms with Crippen molar-refractivity contribution in [3.8, 4) is 22.8 Å². The number of nitrogens with one attached hydrogen (secondary N) is 1. The fourth-order valence-corrected chi connectivity index (χ4v) is 3.01. The number of hydrogen-bond acceptors (Lipinski definition) is 6. The third-order valence-electron chi connectivity index (χ3n) is 4.52. The lowest BCUT2D eigenvalue weighted by atomic mass is 10.1. The first-order valence-corrected chi connectivity index (χ1v) is 9.09. The summed E-state index contributed by atoms with van der Waals surface area (Å²) in [5.41, 5.74) is 2.55. The largest absolute Gasteiger partial charge is 0.454 e. The van der Waals surface area contributed by atoms with Crippen molar-refractivity contribution < 1.29 is 22.9 Å². The van der Waals surface area contributed by atoms with Gasteiger partial charge in [-0.3, -0.25) is 5.10 Å². The maximum Gasteiger partial charge on any atom is 0.356 e. The van der Waals surface area contributed by atoms with Gasteiger partial charge < -0.3 is 13.7 Å². The van der Waals surface area contributed by atoms with Gasteiger partial charge in [-0.25, -0.2) is 9.18 Å². The summed E-state index contributed by atoms with van der Waals surface area (Å²) in [6.07, 6.45) is 0. The summed E-state index contributed by atoms with van der Waals surface area (Å²) in [5.74, 6) is 0.0452. The van der Waals surface area contributed by atoms with E-state index in [1.807, 2.05) is 30.3 Å². The van der Waals surface area contributed by atoms with Gasteiger partial charge in [-0.2, -0.15) is 5.10 Å². The van der Waals surface area contributed by atoms with E-state index in [0.29, 0.717) is 28.5 Å². The van der Waals surface area contributed by atoms with Crippen LogP contribution in [0.1, 0.15) is 16.2 Å². The number of esters is 1. The standard InChI is InChI=1S/C22H14FN3O4/c23-15-7-5-13(6-8-15)17-11-18(25-24-17)22(27)28-12-16-10-21(30-26-16)20-9-14-3-1-2-4-19(14)29-20/h1-11H,12H2,(H,24,25). The molecule has 2 aromatic carbocycles. The zero-order chi connectivity index (χ0) is 20.5. The second-order valence-corrected chi connectivity index (χ2v) is 6.58. The number of rotatable bonds is 5. The summed E-state index contributed by atoms with van der Waals surface area (Å²) in [5, 5.41) is 11.6.